The monoisotopic (exact) mass is 544 g/mol. The summed E-state index contributed by atoms with van der Waals surface area (Å²) in [7, 11) is 3.31. The van der Waals surface area contributed by atoms with Crippen LogP contribution in [0.4, 0.5) is 0 Å². The molecular formula is C29H25ClN4O5. The molecule has 0 bridgehead atoms. The standard InChI is InChI=1S/C29H25ClN4O5/c1-16(17-8-10-23-24(14-17)39-13-12-38-23)31-28(35)26-25-19-6-4-5-7-21(19)33(2)27(25)29(36)34(32-26)18-9-11-22(37-3)20(30)15-18/h4-11,14-16H,12-13H2,1-3H3,(H,31,35). The van der Waals surface area contributed by atoms with E-state index in [4.69, 9.17) is 25.8 Å². The minimum Gasteiger partial charge on any atom is -0.495 e. The van der Waals surface area contributed by atoms with E-state index >= 15 is 0 Å². The van der Waals surface area contributed by atoms with Crippen LogP contribution in [0.15, 0.2) is 65.5 Å². The zero-order valence-corrected chi connectivity index (χ0v) is 22.3. The third kappa shape index (κ3) is 4.15. The number of carbonyl (C=O) groups is 1. The fraction of sp³-hybridized carbons (Fsp3) is 0.207. The van der Waals surface area contributed by atoms with Crippen molar-refractivity contribution in [3.63, 3.8) is 0 Å². The number of amides is 1. The molecule has 1 atom stereocenters. The van der Waals surface area contributed by atoms with Crippen LogP contribution >= 0.6 is 11.6 Å². The Hall–Kier alpha value is -4.50. The van der Waals surface area contributed by atoms with Crippen LogP contribution in [-0.2, 0) is 7.05 Å². The summed E-state index contributed by atoms with van der Waals surface area (Å²) in [6.07, 6.45) is 0. The van der Waals surface area contributed by atoms with Gasteiger partial charge in [0.25, 0.3) is 11.5 Å². The highest BCUT2D eigenvalue weighted by atomic mass is 35.5. The molecule has 0 spiro atoms. The lowest BCUT2D eigenvalue weighted by Crippen LogP contribution is -2.32. The van der Waals surface area contributed by atoms with Crippen molar-refractivity contribution in [2.24, 2.45) is 7.05 Å². The number of hydrogen-bond acceptors (Lipinski definition) is 6. The molecule has 0 saturated heterocycles. The number of nitrogens with zero attached hydrogens (tertiary/aromatic N) is 3. The van der Waals surface area contributed by atoms with Gasteiger partial charge in [0, 0.05) is 23.3 Å². The van der Waals surface area contributed by atoms with Gasteiger partial charge in [0.15, 0.2) is 17.2 Å². The lowest BCUT2D eigenvalue weighted by atomic mass is 10.1. The molecule has 39 heavy (non-hydrogen) atoms. The van der Waals surface area contributed by atoms with E-state index in [0.717, 1.165) is 16.5 Å². The zero-order valence-electron chi connectivity index (χ0n) is 21.5. The topological polar surface area (TPSA) is 96.6 Å². The van der Waals surface area contributed by atoms with Crippen molar-refractivity contribution in [1.29, 1.82) is 0 Å². The molecule has 1 aliphatic rings. The lowest BCUT2D eigenvalue weighted by Gasteiger charge is -2.21. The maximum absolute atomic E-state index is 13.8. The number of para-hydroxylation sites is 1. The van der Waals surface area contributed by atoms with Crippen LogP contribution in [0.25, 0.3) is 27.5 Å². The number of methoxy groups -OCH3 is 1. The van der Waals surface area contributed by atoms with Crippen LogP contribution in [0.2, 0.25) is 5.02 Å². The molecule has 2 aromatic heterocycles. The molecule has 0 fully saturated rings. The molecule has 1 amide bonds. The van der Waals surface area contributed by atoms with Crippen LogP contribution in [0, 0.1) is 0 Å². The Morgan fingerprint density at radius 1 is 1.08 bits per heavy atom. The maximum Gasteiger partial charge on any atom is 0.296 e. The molecule has 3 heterocycles. The van der Waals surface area contributed by atoms with E-state index in [1.807, 2.05) is 49.4 Å². The van der Waals surface area contributed by atoms with Crippen molar-refractivity contribution in [1.82, 2.24) is 19.7 Å². The van der Waals surface area contributed by atoms with E-state index in [0.29, 0.717) is 52.1 Å². The van der Waals surface area contributed by atoms with Crippen molar-refractivity contribution in [2.75, 3.05) is 20.3 Å². The van der Waals surface area contributed by atoms with Gasteiger partial charge in [0.1, 0.15) is 24.5 Å². The highest BCUT2D eigenvalue weighted by molar-refractivity contribution is 6.32. The van der Waals surface area contributed by atoms with Gasteiger partial charge >= 0.3 is 0 Å². The third-order valence-electron chi connectivity index (χ3n) is 6.95. The smallest absolute Gasteiger partial charge is 0.296 e. The second-order valence-electron chi connectivity index (χ2n) is 9.28. The van der Waals surface area contributed by atoms with Crippen molar-refractivity contribution < 1.29 is 19.0 Å². The van der Waals surface area contributed by atoms with Gasteiger partial charge in [-0.2, -0.15) is 9.78 Å². The molecule has 1 unspecified atom stereocenters. The number of rotatable bonds is 5. The molecular weight excluding hydrogens is 520 g/mol. The van der Waals surface area contributed by atoms with Crippen LogP contribution in [0.5, 0.6) is 17.2 Å². The molecule has 5 aromatic rings. The van der Waals surface area contributed by atoms with Gasteiger partial charge in [-0.3, -0.25) is 9.59 Å². The first-order chi connectivity index (χ1) is 18.9. The lowest BCUT2D eigenvalue weighted by molar-refractivity contribution is 0.0935. The van der Waals surface area contributed by atoms with Crippen LogP contribution in [-0.4, -0.2) is 40.6 Å². The number of benzene rings is 3. The largest absolute Gasteiger partial charge is 0.495 e. The van der Waals surface area contributed by atoms with Gasteiger partial charge in [-0.15, -0.1) is 0 Å². The van der Waals surface area contributed by atoms with E-state index in [1.54, 1.807) is 29.8 Å². The van der Waals surface area contributed by atoms with Crippen molar-refractivity contribution in [3.05, 3.63) is 87.3 Å². The van der Waals surface area contributed by atoms with Crippen molar-refractivity contribution >= 4 is 39.3 Å². The van der Waals surface area contributed by atoms with Crippen LogP contribution < -0.4 is 25.1 Å². The van der Waals surface area contributed by atoms with E-state index in [2.05, 4.69) is 10.4 Å². The van der Waals surface area contributed by atoms with Crippen LogP contribution in [0.1, 0.15) is 29.0 Å². The Balaban J connectivity index is 1.49. The Bertz CT molecular complexity index is 1830. The predicted molar refractivity (Wildman–Crippen MR) is 149 cm³/mol. The highest BCUT2D eigenvalue weighted by Crippen LogP contribution is 2.33. The number of nitrogens with one attached hydrogen (secondary N) is 1. The highest BCUT2D eigenvalue weighted by Gasteiger charge is 2.25. The quantitative estimate of drug-likeness (QED) is 0.341. The number of fused-ring (bicyclic) bond motifs is 4. The Kier molecular flexibility index (Phi) is 6.15. The summed E-state index contributed by atoms with van der Waals surface area (Å²) < 4.78 is 19.6. The molecule has 3 aromatic carbocycles. The second kappa shape index (κ2) is 9.67. The second-order valence-corrected chi connectivity index (χ2v) is 9.69. The maximum atomic E-state index is 13.8. The number of carbonyl (C=O) groups excluding carboxylic acids is 1. The summed E-state index contributed by atoms with van der Waals surface area (Å²) in [6, 6.07) is 17.7. The summed E-state index contributed by atoms with van der Waals surface area (Å²) in [5.41, 5.74) is 2.17. The van der Waals surface area contributed by atoms with E-state index in [1.165, 1.54) is 11.8 Å². The first-order valence-corrected chi connectivity index (χ1v) is 12.8. The number of aryl methyl sites for hydroxylation is 1. The van der Waals surface area contributed by atoms with Gasteiger partial charge in [-0.1, -0.05) is 35.9 Å². The van der Waals surface area contributed by atoms with Gasteiger partial charge in [-0.25, -0.2) is 0 Å². The van der Waals surface area contributed by atoms with Crippen molar-refractivity contribution in [2.45, 2.75) is 13.0 Å². The molecule has 0 aliphatic carbocycles. The molecule has 0 radical (unpaired) electrons. The minimum atomic E-state index is -0.424. The fourth-order valence-corrected chi connectivity index (χ4v) is 5.23. The average Bonchev–Trinajstić information content (AvgIpc) is 3.25. The van der Waals surface area contributed by atoms with Crippen LogP contribution in [0.3, 0.4) is 0 Å². The SMILES string of the molecule is COc1ccc(-n2nc(C(=O)NC(C)c3ccc4c(c3)OCCO4)c3c4ccccc4n(C)c3c2=O)cc1Cl. The fourth-order valence-electron chi connectivity index (χ4n) is 4.98. The molecule has 10 heteroatoms. The van der Waals surface area contributed by atoms with E-state index in [-0.39, 0.29) is 17.3 Å². The van der Waals surface area contributed by atoms with E-state index in [9.17, 15) is 9.59 Å². The van der Waals surface area contributed by atoms with Crippen molar-refractivity contribution in [3.8, 4) is 22.9 Å². The molecule has 1 N–H and O–H groups in total. The number of ether oxygens (including phenoxy) is 3. The van der Waals surface area contributed by atoms with E-state index < -0.39 is 5.91 Å². The summed E-state index contributed by atoms with van der Waals surface area (Å²) in [4.78, 5) is 27.6. The molecule has 1 aliphatic heterocycles. The summed E-state index contributed by atoms with van der Waals surface area (Å²) in [5.74, 6) is 1.35. The average molecular weight is 545 g/mol. The normalized spacial score (nSPS) is 13.4. The number of hydrogen-bond donors (Lipinski definition) is 1. The molecule has 0 saturated carbocycles. The number of aromatic nitrogens is 3. The summed E-state index contributed by atoms with van der Waals surface area (Å²) >= 11 is 6.36. The minimum absolute atomic E-state index is 0.123. The Morgan fingerprint density at radius 2 is 1.85 bits per heavy atom. The number of halogens is 1. The van der Waals surface area contributed by atoms with Gasteiger partial charge in [0.2, 0.25) is 0 Å². The van der Waals surface area contributed by atoms with Gasteiger partial charge < -0.3 is 24.1 Å². The first kappa shape index (κ1) is 24.8. The molecule has 9 nitrogen and oxygen atoms in total. The molecule has 198 valence electrons. The molecule has 6 rings (SSSR count). The first-order valence-electron chi connectivity index (χ1n) is 12.4. The Labute approximate surface area is 228 Å². The van der Waals surface area contributed by atoms with Gasteiger partial charge in [-0.05, 0) is 48.9 Å². The Morgan fingerprint density at radius 3 is 2.62 bits per heavy atom. The summed E-state index contributed by atoms with van der Waals surface area (Å²) in [6.45, 7) is 2.85. The third-order valence-corrected chi connectivity index (χ3v) is 7.24. The predicted octanol–water partition coefficient (Wildman–Crippen LogP) is 4.80. The van der Waals surface area contributed by atoms with Gasteiger partial charge in [0.05, 0.1) is 23.9 Å². The summed E-state index contributed by atoms with van der Waals surface area (Å²) in [5, 5.41) is 9.19. The zero-order chi connectivity index (χ0) is 27.3.